The largest absolute Gasteiger partial charge is 0.392 e. The Labute approximate surface area is 123 Å². The summed E-state index contributed by atoms with van der Waals surface area (Å²) in [6.07, 6.45) is 1.03. The fourth-order valence-corrected chi connectivity index (χ4v) is 2.64. The molecule has 19 heavy (non-hydrogen) atoms. The van der Waals surface area contributed by atoms with Crippen LogP contribution in [0.1, 0.15) is 22.3 Å². The summed E-state index contributed by atoms with van der Waals surface area (Å²) in [5.74, 6) is 0. The fourth-order valence-electron chi connectivity index (χ4n) is 2.19. The first-order chi connectivity index (χ1) is 9.06. The molecule has 2 heteroatoms. The van der Waals surface area contributed by atoms with Crippen LogP contribution in [0.25, 0.3) is 0 Å². The van der Waals surface area contributed by atoms with Crippen LogP contribution in [0.5, 0.6) is 0 Å². The first-order valence-corrected chi connectivity index (χ1v) is 7.33. The molecular weight excluding hydrogens is 300 g/mol. The second-order valence-electron chi connectivity index (χ2n) is 5.07. The van der Waals surface area contributed by atoms with Crippen molar-refractivity contribution in [3.05, 3.63) is 69.2 Å². The molecule has 0 aromatic heterocycles. The predicted molar refractivity (Wildman–Crippen MR) is 83.5 cm³/mol. The van der Waals surface area contributed by atoms with E-state index in [4.69, 9.17) is 0 Å². The predicted octanol–water partition coefficient (Wildman–Crippen LogP) is 4.21. The average Bonchev–Trinajstić information content (AvgIpc) is 2.37. The maximum absolute atomic E-state index is 10.2. The van der Waals surface area contributed by atoms with E-state index in [0.717, 1.165) is 10.0 Å². The van der Waals surface area contributed by atoms with Crippen LogP contribution in [0.3, 0.4) is 0 Å². The number of rotatable bonds is 4. The lowest BCUT2D eigenvalue weighted by Gasteiger charge is -2.13. The van der Waals surface area contributed by atoms with Gasteiger partial charge in [-0.05, 0) is 55.0 Å². The van der Waals surface area contributed by atoms with Crippen molar-refractivity contribution in [2.24, 2.45) is 0 Å². The van der Waals surface area contributed by atoms with Crippen molar-refractivity contribution in [3.63, 3.8) is 0 Å². The summed E-state index contributed by atoms with van der Waals surface area (Å²) < 4.78 is 1.06. The highest BCUT2D eigenvalue weighted by Gasteiger charge is 2.09. The van der Waals surface area contributed by atoms with Crippen LogP contribution in [-0.2, 0) is 12.8 Å². The molecule has 0 aliphatic carbocycles. The number of aliphatic hydroxyl groups is 1. The molecule has 100 valence electrons. The van der Waals surface area contributed by atoms with Crippen LogP contribution < -0.4 is 0 Å². The van der Waals surface area contributed by atoms with Crippen LogP contribution >= 0.6 is 15.9 Å². The molecule has 0 heterocycles. The first-order valence-electron chi connectivity index (χ1n) is 6.54. The molecule has 0 fully saturated rings. The second kappa shape index (κ2) is 6.36. The van der Waals surface area contributed by atoms with Crippen LogP contribution in [-0.4, -0.2) is 11.2 Å². The summed E-state index contributed by atoms with van der Waals surface area (Å²) in [5.41, 5.74) is 4.93. The number of benzene rings is 2. The van der Waals surface area contributed by atoms with E-state index in [1.807, 2.05) is 24.3 Å². The van der Waals surface area contributed by atoms with Crippen molar-refractivity contribution in [1.29, 1.82) is 0 Å². The molecule has 2 aromatic carbocycles. The molecule has 1 nitrogen and oxygen atoms in total. The van der Waals surface area contributed by atoms with Gasteiger partial charge in [0.2, 0.25) is 0 Å². The van der Waals surface area contributed by atoms with E-state index in [-0.39, 0.29) is 6.10 Å². The molecule has 0 saturated heterocycles. The van der Waals surface area contributed by atoms with Gasteiger partial charge >= 0.3 is 0 Å². The first kappa shape index (κ1) is 14.3. The number of aryl methyl sites for hydroxylation is 2. The summed E-state index contributed by atoms with van der Waals surface area (Å²) in [4.78, 5) is 0. The standard InChI is InChI=1S/C17H19BrO/c1-12-7-8-14(9-13(12)2)10-16(19)11-15-5-3-4-6-17(15)18/h3-9,16,19H,10-11H2,1-2H3. The Balaban J connectivity index is 2.03. The van der Waals surface area contributed by atoms with Gasteiger partial charge in [0.05, 0.1) is 6.10 Å². The highest BCUT2D eigenvalue weighted by molar-refractivity contribution is 9.10. The molecule has 1 N–H and O–H groups in total. The molecule has 0 aliphatic heterocycles. The van der Waals surface area contributed by atoms with E-state index in [2.05, 4.69) is 48.0 Å². The smallest absolute Gasteiger partial charge is 0.0621 e. The van der Waals surface area contributed by atoms with E-state index in [9.17, 15) is 5.11 Å². The van der Waals surface area contributed by atoms with Crippen molar-refractivity contribution in [3.8, 4) is 0 Å². The number of aliphatic hydroxyl groups excluding tert-OH is 1. The van der Waals surface area contributed by atoms with Gasteiger partial charge in [-0.1, -0.05) is 52.3 Å². The summed E-state index contributed by atoms with van der Waals surface area (Å²) in [7, 11) is 0. The number of halogens is 1. The summed E-state index contributed by atoms with van der Waals surface area (Å²) in [5, 5.41) is 10.2. The van der Waals surface area contributed by atoms with Gasteiger partial charge in [-0.15, -0.1) is 0 Å². The lowest BCUT2D eigenvalue weighted by atomic mass is 9.98. The lowest BCUT2D eigenvalue weighted by molar-refractivity contribution is 0.175. The Hall–Kier alpha value is -1.12. The molecule has 0 saturated carbocycles. The molecule has 2 rings (SSSR count). The van der Waals surface area contributed by atoms with Gasteiger partial charge in [0.1, 0.15) is 0 Å². The highest BCUT2D eigenvalue weighted by atomic mass is 79.9. The molecule has 1 unspecified atom stereocenters. The van der Waals surface area contributed by atoms with Gasteiger partial charge in [0.25, 0.3) is 0 Å². The Bertz CT molecular complexity index is 563. The SMILES string of the molecule is Cc1ccc(CC(O)Cc2ccccc2Br)cc1C. The minimum absolute atomic E-state index is 0.346. The number of hydrogen-bond donors (Lipinski definition) is 1. The van der Waals surface area contributed by atoms with Crippen LogP contribution in [0.15, 0.2) is 46.9 Å². The topological polar surface area (TPSA) is 20.2 Å². The van der Waals surface area contributed by atoms with Crippen molar-refractivity contribution in [2.75, 3.05) is 0 Å². The Morgan fingerprint density at radius 3 is 2.42 bits per heavy atom. The molecule has 1 atom stereocenters. The second-order valence-corrected chi connectivity index (χ2v) is 5.93. The van der Waals surface area contributed by atoms with Gasteiger partial charge in [-0.25, -0.2) is 0 Å². The molecule has 0 aliphatic rings. The minimum Gasteiger partial charge on any atom is -0.392 e. The maximum Gasteiger partial charge on any atom is 0.0621 e. The van der Waals surface area contributed by atoms with Gasteiger partial charge in [0, 0.05) is 4.47 Å². The Kier molecular flexibility index (Phi) is 4.78. The van der Waals surface area contributed by atoms with E-state index < -0.39 is 0 Å². The quantitative estimate of drug-likeness (QED) is 0.895. The molecule has 2 aromatic rings. The van der Waals surface area contributed by atoms with Crippen LogP contribution in [0.4, 0.5) is 0 Å². The Morgan fingerprint density at radius 2 is 1.74 bits per heavy atom. The van der Waals surface area contributed by atoms with Gasteiger partial charge in [-0.3, -0.25) is 0 Å². The number of hydrogen-bond acceptors (Lipinski definition) is 1. The van der Waals surface area contributed by atoms with Gasteiger partial charge in [-0.2, -0.15) is 0 Å². The molecular formula is C17H19BrO. The molecule has 0 spiro atoms. The van der Waals surface area contributed by atoms with Crippen LogP contribution in [0.2, 0.25) is 0 Å². The lowest BCUT2D eigenvalue weighted by Crippen LogP contribution is -2.14. The zero-order valence-electron chi connectivity index (χ0n) is 11.4. The molecule has 0 bridgehead atoms. The molecule has 0 radical (unpaired) electrons. The average molecular weight is 319 g/mol. The normalized spacial score (nSPS) is 12.4. The zero-order chi connectivity index (χ0) is 13.8. The third-order valence-corrected chi connectivity index (χ3v) is 4.23. The minimum atomic E-state index is -0.346. The van der Waals surface area contributed by atoms with E-state index in [0.29, 0.717) is 12.8 Å². The summed E-state index contributed by atoms with van der Waals surface area (Å²) >= 11 is 3.52. The van der Waals surface area contributed by atoms with E-state index in [1.54, 1.807) is 0 Å². The fraction of sp³-hybridized carbons (Fsp3) is 0.294. The zero-order valence-corrected chi connectivity index (χ0v) is 12.9. The monoisotopic (exact) mass is 318 g/mol. The highest BCUT2D eigenvalue weighted by Crippen LogP contribution is 2.19. The van der Waals surface area contributed by atoms with Crippen LogP contribution in [0, 0.1) is 13.8 Å². The van der Waals surface area contributed by atoms with Gasteiger partial charge < -0.3 is 5.11 Å². The van der Waals surface area contributed by atoms with E-state index >= 15 is 0 Å². The van der Waals surface area contributed by atoms with Crippen molar-refractivity contribution in [1.82, 2.24) is 0 Å². The summed E-state index contributed by atoms with van der Waals surface area (Å²) in [6, 6.07) is 14.4. The third-order valence-electron chi connectivity index (χ3n) is 3.46. The van der Waals surface area contributed by atoms with Crippen molar-refractivity contribution < 1.29 is 5.11 Å². The van der Waals surface area contributed by atoms with Gasteiger partial charge in [0.15, 0.2) is 0 Å². The molecule has 0 amide bonds. The Morgan fingerprint density at radius 1 is 1.00 bits per heavy atom. The third kappa shape index (κ3) is 3.92. The maximum atomic E-state index is 10.2. The summed E-state index contributed by atoms with van der Waals surface area (Å²) in [6.45, 7) is 4.22. The van der Waals surface area contributed by atoms with Crippen molar-refractivity contribution in [2.45, 2.75) is 32.8 Å². The van der Waals surface area contributed by atoms with E-state index in [1.165, 1.54) is 16.7 Å². The van der Waals surface area contributed by atoms with Crippen molar-refractivity contribution >= 4 is 15.9 Å².